The van der Waals surface area contributed by atoms with E-state index in [0.717, 1.165) is 34.7 Å². The summed E-state index contributed by atoms with van der Waals surface area (Å²) in [6.45, 7) is 0.983. The molecule has 1 aliphatic rings. The Hall–Kier alpha value is -3.06. The predicted molar refractivity (Wildman–Crippen MR) is 108 cm³/mol. The summed E-state index contributed by atoms with van der Waals surface area (Å²) in [5.41, 5.74) is 2.84. The van der Waals surface area contributed by atoms with E-state index in [1.807, 2.05) is 42.5 Å². The van der Waals surface area contributed by atoms with Gasteiger partial charge in [-0.15, -0.1) is 0 Å². The van der Waals surface area contributed by atoms with Gasteiger partial charge in [0.15, 0.2) is 18.0 Å². The minimum Gasteiger partial charge on any atom is -0.493 e. The van der Waals surface area contributed by atoms with Crippen LogP contribution < -0.4 is 19.7 Å². The molecule has 7 heteroatoms. The minimum atomic E-state index is -0.307. The second-order valence-corrected chi connectivity index (χ2v) is 6.99. The first kappa shape index (κ1) is 20.7. The number of hydrogen-bond donors (Lipinski definition) is 2. The van der Waals surface area contributed by atoms with E-state index in [4.69, 9.17) is 14.2 Å². The van der Waals surface area contributed by atoms with E-state index in [2.05, 4.69) is 5.32 Å². The largest absolute Gasteiger partial charge is 0.493 e. The molecule has 2 aromatic rings. The first-order valence-corrected chi connectivity index (χ1v) is 9.56. The molecule has 0 radical (unpaired) electrons. The van der Waals surface area contributed by atoms with Crippen molar-refractivity contribution in [3.8, 4) is 11.5 Å². The summed E-state index contributed by atoms with van der Waals surface area (Å²) < 4.78 is 15.8. The number of fused-ring (bicyclic) bond motifs is 1. The van der Waals surface area contributed by atoms with Crippen molar-refractivity contribution < 1.29 is 28.7 Å². The van der Waals surface area contributed by atoms with Crippen molar-refractivity contribution in [1.29, 1.82) is 0 Å². The van der Waals surface area contributed by atoms with Crippen LogP contribution >= 0.6 is 0 Å². The van der Waals surface area contributed by atoms with Crippen LogP contribution in [0.2, 0.25) is 0 Å². The fourth-order valence-electron chi connectivity index (χ4n) is 3.82. The Labute approximate surface area is 170 Å². The monoisotopic (exact) mass is 399 g/mol. The highest BCUT2D eigenvalue weighted by atomic mass is 16.5. The molecule has 29 heavy (non-hydrogen) atoms. The lowest BCUT2D eigenvalue weighted by Crippen LogP contribution is -3.14. The molecule has 3 rings (SSSR count). The number of rotatable bonds is 7. The number of nitrogens with one attached hydrogen (secondary N) is 2. The van der Waals surface area contributed by atoms with Gasteiger partial charge in [0, 0.05) is 17.7 Å². The molecule has 1 heterocycles. The lowest BCUT2D eigenvalue weighted by molar-refractivity contribution is -0.925. The van der Waals surface area contributed by atoms with E-state index in [1.54, 1.807) is 14.2 Å². The molecule has 1 amide bonds. The summed E-state index contributed by atoms with van der Waals surface area (Å²) in [5, 5.41) is 2.92. The molecule has 0 aliphatic carbocycles. The molecule has 2 aromatic carbocycles. The number of quaternary nitrogens is 1. The molecular formula is C22H27N2O5+. The lowest BCUT2D eigenvalue weighted by atomic mass is 9.90. The van der Waals surface area contributed by atoms with Crippen molar-refractivity contribution in [2.24, 2.45) is 0 Å². The van der Waals surface area contributed by atoms with Gasteiger partial charge in [0.2, 0.25) is 0 Å². The summed E-state index contributed by atoms with van der Waals surface area (Å²) in [6.07, 6.45) is 0.967. The SMILES string of the molecule is COC(=O)C[C@H]1c2cc(OC)c(OC)cc2CC[NH+]1CC(=O)Nc1ccccc1. The van der Waals surface area contributed by atoms with Crippen molar-refractivity contribution in [3.05, 3.63) is 53.6 Å². The van der Waals surface area contributed by atoms with Crippen LogP contribution in [-0.2, 0) is 20.7 Å². The number of amides is 1. The second-order valence-electron chi connectivity index (χ2n) is 6.99. The summed E-state index contributed by atoms with van der Waals surface area (Å²) in [6, 6.07) is 13.0. The summed E-state index contributed by atoms with van der Waals surface area (Å²) in [4.78, 5) is 25.7. The van der Waals surface area contributed by atoms with E-state index in [-0.39, 0.29) is 30.9 Å². The third-order valence-corrected chi connectivity index (χ3v) is 5.27. The molecule has 1 unspecified atom stereocenters. The van der Waals surface area contributed by atoms with Crippen molar-refractivity contribution in [2.75, 3.05) is 39.7 Å². The van der Waals surface area contributed by atoms with Crippen LogP contribution in [0.1, 0.15) is 23.6 Å². The summed E-state index contributed by atoms with van der Waals surface area (Å²) in [7, 11) is 4.56. The summed E-state index contributed by atoms with van der Waals surface area (Å²) >= 11 is 0. The van der Waals surface area contributed by atoms with Gasteiger partial charge in [-0.05, 0) is 29.8 Å². The van der Waals surface area contributed by atoms with Crippen molar-refractivity contribution in [1.82, 2.24) is 0 Å². The first-order chi connectivity index (χ1) is 14.0. The molecule has 154 valence electrons. The second kappa shape index (κ2) is 9.43. The van der Waals surface area contributed by atoms with Crippen LogP contribution in [0, 0.1) is 0 Å². The van der Waals surface area contributed by atoms with Gasteiger partial charge in [0.25, 0.3) is 5.91 Å². The van der Waals surface area contributed by atoms with E-state index in [9.17, 15) is 9.59 Å². The van der Waals surface area contributed by atoms with Gasteiger partial charge in [0.05, 0.1) is 27.9 Å². The Morgan fingerprint density at radius 3 is 2.41 bits per heavy atom. The highest BCUT2D eigenvalue weighted by Crippen LogP contribution is 2.35. The normalized spacial score (nSPS) is 17.8. The van der Waals surface area contributed by atoms with Crippen LogP contribution in [0.3, 0.4) is 0 Å². The first-order valence-electron chi connectivity index (χ1n) is 9.56. The molecule has 2 atom stereocenters. The quantitative estimate of drug-likeness (QED) is 0.688. The average molecular weight is 399 g/mol. The van der Waals surface area contributed by atoms with Gasteiger partial charge < -0.3 is 24.4 Å². The maximum absolute atomic E-state index is 12.6. The number of benzene rings is 2. The standard InChI is InChI=1S/C22H26N2O5/c1-27-19-11-15-9-10-24(14-21(25)23-16-7-5-4-6-8-16)18(13-22(26)29-3)17(15)12-20(19)28-2/h4-8,11-12,18H,9-10,13-14H2,1-3H3,(H,23,25)/p+1/t18-/m0/s1. The zero-order valence-corrected chi connectivity index (χ0v) is 17.0. The van der Waals surface area contributed by atoms with Gasteiger partial charge in [-0.25, -0.2) is 0 Å². The number of anilines is 1. The smallest absolute Gasteiger partial charge is 0.311 e. The fraction of sp³-hybridized carbons (Fsp3) is 0.364. The molecule has 1 aliphatic heterocycles. The third kappa shape index (κ3) is 4.86. The zero-order chi connectivity index (χ0) is 20.8. The van der Waals surface area contributed by atoms with E-state index < -0.39 is 0 Å². The Morgan fingerprint density at radius 2 is 1.76 bits per heavy atom. The summed E-state index contributed by atoms with van der Waals surface area (Å²) in [5.74, 6) is 0.869. The number of carbonyl (C=O) groups is 2. The van der Waals surface area contributed by atoms with E-state index in [0.29, 0.717) is 11.5 Å². The topological polar surface area (TPSA) is 78.3 Å². The maximum atomic E-state index is 12.6. The Morgan fingerprint density at radius 1 is 1.07 bits per heavy atom. The molecule has 0 bridgehead atoms. The molecule has 0 saturated carbocycles. The van der Waals surface area contributed by atoms with Gasteiger partial charge in [-0.2, -0.15) is 0 Å². The predicted octanol–water partition coefficient (Wildman–Crippen LogP) is 1.39. The Bertz CT molecular complexity index is 869. The van der Waals surface area contributed by atoms with Gasteiger partial charge >= 0.3 is 5.97 Å². The minimum absolute atomic E-state index is 0.0926. The average Bonchev–Trinajstić information content (AvgIpc) is 2.74. The van der Waals surface area contributed by atoms with E-state index >= 15 is 0 Å². The molecule has 0 saturated heterocycles. The van der Waals surface area contributed by atoms with Crippen LogP contribution in [-0.4, -0.2) is 46.3 Å². The third-order valence-electron chi connectivity index (χ3n) is 5.27. The lowest BCUT2D eigenvalue weighted by Gasteiger charge is -2.34. The number of hydrogen-bond acceptors (Lipinski definition) is 5. The van der Waals surface area contributed by atoms with Crippen molar-refractivity contribution in [3.63, 3.8) is 0 Å². The number of carbonyl (C=O) groups excluding carboxylic acids is 2. The Balaban J connectivity index is 1.85. The van der Waals surface area contributed by atoms with Crippen LogP contribution in [0.4, 0.5) is 5.69 Å². The van der Waals surface area contributed by atoms with Crippen molar-refractivity contribution >= 4 is 17.6 Å². The molecule has 2 N–H and O–H groups in total. The molecule has 0 aromatic heterocycles. The molecule has 0 spiro atoms. The number of para-hydroxylation sites is 1. The zero-order valence-electron chi connectivity index (χ0n) is 17.0. The fourth-order valence-corrected chi connectivity index (χ4v) is 3.82. The number of esters is 1. The van der Waals surface area contributed by atoms with Crippen LogP contribution in [0.15, 0.2) is 42.5 Å². The van der Waals surface area contributed by atoms with Crippen LogP contribution in [0.25, 0.3) is 0 Å². The van der Waals surface area contributed by atoms with E-state index in [1.165, 1.54) is 7.11 Å². The Kier molecular flexibility index (Phi) is 6.72. The molecule has 0 fully saturated rings. The van der Waals surface area contributed by atoms with Crippen LogP contribution in [0.5, 0.6) is 11.5 Å². The van der Waals surface area contributed by atoms with Gasteiger partial charge in [-0.1, -0.05) is 18.2 Å². The highest BCUT2D eigenvalue weighted by molar-refractivity contribution is 5.91. The number of ether oxygens (including phenoxy) is 3. The van der Waals surface area contributed by atoms with Gasteiger partial charge in [0.1, 0.15) is 12.5 Å². The van der Waals surface area contributed by atoms with Crippen molar-refractivity contribution in [2.45, 2.75) is 18.9 Å². The molecule has 7 nitrogen and oxygen atoms in total. The maximum Gasteiger partial charge on any atom is 0.311 e. The highest BCUT2D eigenvalue weighted by Gasteiger charge is 2.35. The number of methoxy groups -OCH3 is 3. The molecular weight excluding hydrogens is 372 g/mol. The van der Waals surface area contributed by atoms with Gasteiger partial charge in [-0.3, -0.25) is 9.59 Å².